The van der Waals surface area contributed by atoms with Crippen LogP contribution in [0.25, 0.3) is 10.4 Å². The van der Waals surface area contributed by atoms with Crippen LogP contribution < -0.4 is 11.1 Å². The van der Waals surface area contributed by atoms with E-state index in [0.717, 1.165) is 23.5 Å². The van der Waals surface area contributed by atoms with Crippen molar-refractivity contribution in [3.8, 4) is 10.4 Å². The molecule has 2 atom stereocenters. The maximum Gasteiger partial charge on any atom is 0.251 e. The number of nitrogens with two attached hydrogens (primary N) is 1. The fraction of sp³-hybridized carbons (Fsp3) is 0.333. The number of thiophene rings is 1. The maximum absolute atomic E-state index is 14.9. The van der Waals surface area contributed by atoms with Crippen LogP contribution in [-0.4, -0.2) is 45.5 Å². The Labute approximate surface area is 204 Å². The highest BCUT2D eigenvalue weighted by molar-refractivity contribution is 7.20. The fourth-order valence-electron chi connectivity index (χ4n) is 3.84. The van der Waals surface area contributed by atoms with Crippen LogP contribution in [0.5, 0.6) is 0 Å². The molecule has 11 heteroatoms. The summed E-state index contributed by atoms with van der Waals surface area (Å²) in [6, 6.07) is 8.10. The van der Waals surface area contributed by atoms with E-state index in [4.69, 9.17) is 10.5 Å². The second-order valence-electron chi connectivity index (χ2n) is 8.89. The molecule has 8 nitrogen and oxygen atoms in total. The molecular formula is C24H25F2N3O5S. The number of carbonyl (C=O) groups excluding carboxylic acids is 1. The molecule has 2 aromatic heterocycles. The average molecular weight is 506 g/mol. The van der Waals surface area contributed by atoms with Gasteiger partial charge in [-0.2, -0.15) is 0 Å². The highest BCUT2D eigenvalue weighted by Gasteiger charge is 2.41. The SMILES string of the molecule is CC(C)(O)c1cc(F)c(-c2cc(C(N)=O)c(Nc3cccc(C4(O)CCOCC4O)n3)s2)c(F)c1. The number of aliphatic hydroxyl groups excluding tert-OH is 1. The normalized spacial score (nSPS) is 20.6. The number of benzene rings is 1. The lowest BCUT2D eigenvalue weighted by Gasteiger charge is -2.36. The number of nitrogens with one attached hydrogen (secondary N) is 1. The van der Waals surface area contributed by atoms with Gasteiger partial charge in [-0.25, -0.2) is 13.8 Å². The lowest BCUT2D eigenvalue weighted by atomic mass is 9.87. The van der Waals surface area contributed by atoms with E-state index >= 15 is 0 Å². The van der Waals surface area contributed by atoms with Gasteiger partial charge in [0.05, 0.1) is 29.0 Å². The Morgan fingerprint density at radius 3 is 2.57 bits per heavy atom. The summed E-state index contributed by atoms with van der Waals surface area (Å²) < 4.78 is 34.9. The zero-order valence-corrected chi connectivity index (χ0v) is 19.8. The number of carbonyl (C=O) groups is 1. The standard InChI is InChI=1S/C24H25F2N3O5S/c1-23(2,32)12-8-14(25)20(15(26)9-12)16-10-13(21(27)31)22(35-16)29-19-5-3-4-17(28-19)24(33)6-7-34-11-18(24)30/h3-5,8-10,18,30,32-33H,6-7,11H2,1-2H3,(H2,27,31)(H,28,29). The molecule has 1 aromatic carbocycles. The van der Waals surface area contributed by atoms with Crippen molar-refractivity contribution in [2.45, 2.75) is 37.6 Å². The number of halogens is 2. The molecule has 1 amide bonds. The van der Waals surface area contributed by atoms with Crippen molar-refractivity contribution in [2.75, 3.05) is 18.5 Å². The molecule has 4 rings (SSSR count). The molecule has 1 fully saturated rings. The van der Waals surface area contributed by atoms with Crippen molar-refractivity contribution < 1.29 is 33.6 Å². The largest absolute Gasteiger partial charge is 0.387 e. The van der Waals surface area contributed by atoms with Crippen LogP contribution in [0, 0.1) is 11.6 Å². The molecule has 0 aliphatic carbocycles. The Hall–Kier alpha value is -2.96. The van der Waals surface area contributed by atoms with E-state index in [0.29, 0.717) is 0 Å². The first kappa shape index (κ1) is 25.1. The van der Waals surface area contributed by atoms with Gasteiger partial charge < -0.3 is 31.1 Å². The van der Waals surface area contributed by atoms with Crippen molar-refractivity contribution in [3.05, 3.63) is 64.9 Å². The summed E-state index contributed by atoms with van der Waals surface area (Å²) in [6.45, 7) is 3.03. The zero-order valence-electron chi connectivity index (χ0n) is 19.0. The Morgan fingerprint density at radius 1 is 1.29 bits per heavy atom. The molecule has 1 aliphatic rings. The van der Waals surface area contributed by atoms with Crippen LogP contribution in [0.4, 0.5) is 19.6 Å². The molecule has 1 saturated heterocycles. The van der Waals surface area contributed by atoms with Crippen LogP contribution >= 0.6 is 11.3 Å². The number of hydrogen-bond donors (Lipinski definition) is 5. The molecule has 0 spiro atoms. The van der Waals surface area contributed by atoms with E-state index in [-0.39, 0.29) is 57.7 Å². The van der Waals surface area contributed by atoms with E-state index in [9.17, 15) is 28.9 Å². The lowest BCUT2D eigenvalue weighted by Crippen LogP contribution is -2.47. The molecule has 0 saturated carbocycles. The quantitative estimate of drug-likeness (QED) is 0.347. The van der Waals surface area contributed by atoms with E-state index < -0.39 is 34.8 Å². The predicted molar refractivity (Wildman–Crippen MR) is 126 cm³/mol. The van der Waals surface area contributed by atoms with Crippen molar-refractivity contribution in [3.63, 3.8) is 0 Å². The van der Waals surface area contributed by atoms with E-state index in [1.807, 2.05) is 0 Å². The van der Waals surface area contributed by atoms with Crippen molar-refractivity contribution in [1.29, 1.82) is 0 Å². The highest BCUT2D eigenvalue weighted by atomic mass is 32.1. The number of aliphatic hydroxyl groups is 3. The molecule has 3 heterocycles. The summed E-state index contributed by atoms with van der Waals surface area (Å²) in [7, 11) is 0. The summed E-state index contributed by atoms with van der Waals surface area (Å²) in [4.78, 5) is 16.6. The number of anilines is 2. The van der Waals surface area contributed by atoms with Crippen LogP contribution in [0.3, 0.4) is 0 Å². The third kappa shape index (κ3) is 4.91. The number of pyridine rings is 1. The number of nitrogens with zero attached hydrogens (tertiary/aromatic N) is 1. The molecule has 35 heavy (non-hydrogen) atoms. The average Bonchev–Trinajstić information content (AvgIpc) is 3.18. The predicted octanol–water partition coefficient (Wildman–Crippen LogP) is 3.13. The summed E-state index contributed by atoms with van der Waals surface area (Å²) in [6.07, 6.45) is -1.04. The first-order chi connectivity index (χ1) is 16.4. The van der Waals surface area contributed by atoms with Gasteiger partial charge in [0.2, 0.25) is 0 Å². The third-order valence-electron chi connectivity index (χ3n) is 5.88. The van der Waals surface area contributed by atoms with Crippen LogP contribution in [0.1, 0.15) is 41.9 Å². The van der Waals surface area contributed by atoms with Crippen molar-refractivity contribution in [2.24, 2.45) is 5.73 Å². The van der Waals surface area contributed by atoms with Crippen molar-refractivity contribution in [1.82, 2.24) is 4.98 Å². The van der Waals surface area contributed by atoms with Gasteiger partial charge in [0.15, 0.2) is 0 Å². The zero-order chi connectivity index (χ0) is 25.5. The maximum atomic E-state index is 14.9. The minimum Gasteiger partial charge on any atom is -0.387 e. The van der Waals surface area contributed by atoms with Gasteiger partial charge in [0.25, 0.3) is 5.91 Å². The van der Waals surface area contributed by atoms with Crippen LogP contribution in [-0.2, 0) is 15.9 Å². The van der Waals surface area contributed by atoms with Crippen LogP contribution in [0.2, 0.25) is 0 Å². The molecule has 6 N–H and O–H groups in total. The second kappa shape index (κ2) is 9.25. The van der Waals surface area contributed by atoms with Gasteiger partial charge in [-0.1, -0.05) is 6.07 Å². The summed E-state index contributed by atoms with van der Waals surface area (Å²) >= 11 is 0.892. The number of aromatic nitrogens is 1. The van der Waals surface area contributed by atoms with Gasteiger partial charge in [0, 0.05) is 17.9 Å². The smallest absolute Gasteiger partial charge is 0.251 e. The first-order valence-corrected chi connectivity index (χ1v) is 11.6. The third-order valence-corrected chi connectivity index (χ3v) is 6.95. The first-order valence-electron chi connectivity index (χ1n) is 10.8. The van der Waals surface area contributed by atoms with Gasteiger partial charge in [-0.05, 0) is 49.7 Å². The molecule has 0 bridgehead atoms. The Morgan fingerprint density at radius 2 is 1.97 bits per heavy atom. The molecule has 2 unspecified atom stereocenters. The van der Waals surface area contributed by atoms with E-state index in [2.05, 4.69) is 10.3 Å². The minimum atomic E-state index is -1.61. The minimum absolute atomic E-state index is 0.00706. The highest BCUT2D eigenvalue weighted by Crippen LogP contribution is 2.40. The number of amides is 1. The number of primary amides is 1. The number of hydrogen-bond acceptors (Lipinski definition) is 8. The Kier molecular flexibility index (Phi) is 6.64. The molecular weight excluding hydrogens is 480 g/mol. The topological polar surface area (TPSA) is 138 Å². The fourth-order valence-corrected chi connectivity index (χ4v) is 4.96. The van der Waals surface area contributed by atoms with E-state index in [1.165, 1.54) is 19.9 Å². The Balaban J connectivity index is 1.71. The molecule has 3 aromatic rings. The van der Waals surface area contributed by atoms with Gasteiger partial charge >= 0.3 is 0 Å². The summed E-state index contributed by atoms with van der Waals surface area (Å²) in [5.41, 5.74) is 2.35. The molecule has 1 aliphatic heterocycles. The van der Waals surface area contributed by atoms with Crippen LogP contribution in [0.15, 0.2) is 36.4 Å². The van der Waals surface area contributed by atoms with Gasteiger partial charge in [-0.3, -0.25) is 4.79 Å². The van der Waals surface area contributed by atoms with Gasteiger partial charge in [0.1, 0.15) is 34.2 Å². The monoisotopic (exact) mass is 505 g/mol. The number of ether oxygens (including phenoxy) is 1. The second-order valence-corrected chi connectivity index (χ2v) is 9.94. The lowest BCUT2D eigenvalue weighted by molar-refractivity contribution is -0.159. The number of rotatable bonds is 6. The molecule has 0 radical (unpaired) electrons. The molecule has 186 valence electrons. The summed E-state index contributed by atoms with van der Waals surface area (Å²) in [5, 5.41) is 34.4. The van der Waals surface area contributed by atoms with Gasteiger partial charge in [-0.15, -0.1) is 11.3 Å². The Bertz CT molecular complexity index is 1250. The van der Waals surface area contributed by atoms with E-state index in [1.54, 1.807) is 18.2 Å². The van der Waals surface area contributed by atoms with Crippen molar-refractivity contribution >= 4 is 28.1 Å². The summed E-state index contributed by atoms with van der Waals surface area (Å²) in [5.74, 6) is -2.40.